The lowest BCUT2D eigenvalue weighted by molar-refractivity contribution is -0.137. The van der Waals surface area contributed by atoms with Crippen molar-refractivity contribution < 1.29 is 29.3 Å². The molecule has 2 aromatic rings. The van der Waals surface area contributed by atoms with E-state index >= 15 is 0 Å². The van der Waals surface area contributed by atoms with Crippen LogP contribution in [0.5, 0.6) is 11.5 Å². The Labute approximate surface area is 193 Å². The van der Waals surface area contributed by atoms with Gasteiger partial charge < -0.3 is 24.3 Å². The van der Waals surface area contributed by atoms with Crippen LogP contribution in [0.3, 0.4) is 0 Å². The molecule has 1 aliphatic heterocycles. The second kappa shape index (κ2) is 12.7. The fourth-order valence-electron chi connectivity index (χ4n) is 3.63. The molecule has 0 fully saturated rings. The third-order valence-corrected chi connectivity index (χ3v) is 5.19. The quantitative estimate of drug-likeness (QED) is 0.499. The lowest BCUT2D eigenvalue weighted by atomic mass is 9.96. The van der Waals surface area contributed by atoms with Crippen LogP contribution in [-0.4, -0.2) is 40.4 Å². The molecule has 0 radical (unpaired) electrons. The van der Waals surface area contributed by atoms with Gasteiger partial charge in [-0.15, -0.1) is 0 Å². The van der Waals surface area contributed by atoms with Crippen molar-refractivity contribution in [3.05, 3.63) is 45.7 Å². The number of hydrogen-bond acceptors (Lipinski definition) is 5. The fourth-order valence-corrected chi connectivity index (χ4v) is 3.63. The van der Waals surface area contributed by atoms with E-state index in [0.29, 0.717) is 43.2 Å². The number of aliphatic carboxylic acids is 1. The van der Waals surface area contributed by atoms with Crippen LogP contribution in [0.25, 0.3) is 11.3 Å². The van der Waals surface area contributed by atoms with Gasteiger partial charge in [-0.2, -0.15) is 0 Å². The maximum Gasteiger partial charge on any atom is 0.341 e. The molecule has 1 aromatic heterocycles. The van der Waals surface area contributed by atoms with E-state index in [1.165, 1.54) is 18.7 Å². The molecule has 0 saturated carbocycles. The number of ether oxygens (including phenoxy) is 2. The highest BCUT2D eigenvalue weighted by atomic mass is 16.5. The Balaban J connectivity index is 0.00000122. The second-order valence-electron chi connectivity index (χ2n) is 7.96. The molecule has 33 heavy (non-hydrogen) atoms. The monoisotopic (exact) mass is 459 g/mol. The van der Waals surface area contributed by atoms with Crippen LogP contribution in [-0.2, 0) is 17.8 Å². The smallest absolute Gasteiger partial charge is 0.341 e. The lowest BCUT2D eigenvalue weighted by Crippen LogP contribution is -2.22. The van der Waals surface area contributed by atoms with Gasteiger partial charge in [0, 0.05) is 30.8 Å². The third-order valence-electron chi connectivity index (χ3n) is 5.19. The molecular formula is C25H33NO7. The zero-order chi connectivity index (χ0) is 24.4. The van der Waals surface area contributed by atoms with Gasteiger partial charge in [0.05, 0.1) is 19.4 Å². The molecule has 0 atom stereocenters. The molecule has 0 amide bonds. The number of carboxylic acids is 2. The van der Waals surface area contributed by atoms with Crippen molar-refractivity contribution in [1.82, 2.24) is 4.57 Å². The molecule has 0 bridgehead atoms. The van der Waals surface area contributed by atoms with E-state index in [2.05, 4.69) is 13.8 Å². The van der Waals surface area contributed by atoms with Gasteiger partial charge in [-0.3, -0.25) is 9.59 Å². The summed E-state index contributed by atoms with van der Waals surface area (Å²) in [5.74, 6) is -0.832. The Morgan fingerprint density at radius 2 is 1.73 bits per heavy atom. The summed E-state index contributed by atoms with van der Waals surface area (Å²) in [5, 5.41) is 17.8. The van der Waals surface area contributed by atoms with Crippen LogP contribution in [0.4, 0.5) is 0 Å². The molecule has 8 nitrogen and oxygen atoms in total. The first-order valence-electron chi connectivity index (χ1n) is 11.4. The molecule has 0 spiro atoms. The first-order chi connectivity index (χ1) is 15.8. The Morgan fingerprint density at radius 1 is 1.03 bits per heavy atom. The van der Waals surface area contributed by atoms with Gasteiger partial charge in [-0.25, -0.2) is 4.79 Å². The van der Waals surface area contributed by atoms with E-state index in [9.17, 15) is 19.5 Å². The van der Waals surface area contributed by atoms with Gasteiger partial charge in [0.25, 0.3) is 0 Å². The number of fused-ring (bicyclic) bond motifs is 3. The second-order valence-corrected chi connectivity index (χ2v) is 7.96. The number of unbranched alkanes of at least 4 members (excludes halogenated alkanes) is 3. The highest BCUT2D eigenvalue weighted by molar-refractivity contribution is 5.87. The van der Waals surface area contributed by atoms with E-state index in [4.69, 9.17) is 14.6 Å². The Hall–Kier alpha value is -3.29. The largest absolute Gasteiger partial charge is 0.493 e. The maximum absolute atomic E-state index is 12.2. The number of nitrogens with zero attached hydrogens (tertiary/aromatic N) is 1. The zero-order valence-electron chi connectivity index (χ0n) is 19.6. The minimum atomic E-state index is -1.23. The first-order valence-corrected chi connectivity index (χ1v) is 11.4. The van der Waals surface area contributed by atoms with Crippen LogP contribution in [0.15, 0.2) is 29.2 Å². The molecule has 1 aromatic carbocycles. The van der Waals surface area contributed by atoms with E-state index < -0.39 is 17.4 Å². The van der Waals surface area contributed by atoms with Crippen molar-refractivity contribution in [3.63, 3.8) is 0 Å². The number of hydrogen-bond donors (Lipinski definition) is 2. The summed E-state index contributed by atoms with van der Waals surface area (Å²) in [6.07, 6.45) is 6.74. The number of aromatic carboxylic acids is 1. The van der Waals surface area contributed by atoms with E-state index in [-0.39, 0.29) is 12.0 Å². The fraction of sp³-hybridized carbons (Fsp3) is 0.480. The number of aryl methyl sites for hydroxylation is 2. The highest BCUT2D eigenvalue weighted by Gasteiger charge is 2.22. The molecular weight excluding hydrogens is 426 g/mol. The molecule has 0 unspecified atom stereocenters. The predicted octanol–water partition coefficient (Wildman–Crippen LogP) is 4.61. The summed E-state index contributed by atoms with van der Waals surface area (Å²) in [4.78, 5) is 33.9. The van der Waals surface area contributed by atoms with Gasteiger partial charge in [-0.1, -0.05) is 33.1 Å². The average Bonchev–Trinajstić information content (AvgIpc) is 2.77. The van der Waals surface area contributed by atoms with E-state index in [0.717, 1.165) is 30.4 Å². The highest BCUT2D eigenvalue weighted by Crippen LogP contribution is 2.38. The van der Waals surface area contributed by atoms with Crippen molar-refractivity contribution >= 4 is 11.9 Å². The summed E-state index contributed by atoms with van der Waals surface area (Å²) in [5.41, 5.74) is 1.73. The van der Waals surface area contributed by atoms with Crippen molar-refractivity contribution in [1.29, 1.82) is 0 Å². The molecule has 8 heteroatoms. The normalized spacial score (nSPS) is 11.5. The molecule has 0 aliphatic carbocycles. The Morgan fingerprint density at radius 3 is 2.36 bits per heavy atom. The van der Waals surface area contributed by atoms with Crippen molar-refractivity contribution in [2.24, 2.45) is 0 Å². The summed E-state index contributed by atoms with van der Waals surface area (Å²) < 4.78 is 13.1. The molecule has 0 saturated heterocycles. The summed E-state index contributed by atoms with van der Waals surface area (Å²) in [7, 11) is 1.55. The number of methoxy groups -OCH3 is 1. The lowest BCUT2D eigenvalue weighted by Gasteiger charge is -2.24. The topological polar surface area (TPSA) is 115 Å². The summed E-state index contributed by atoms with van der Waals surface area (Å²) >= 11 is 0. The molecule has 1 aliphatic rings. The van der Waals surface area contributed by atoms with Gasteiger partial charge in [0.1, 0.15) is 5.56 Å². The minimum absolute atomic E-state index is 0.192. The van der Waals surface area contributed by atoms with Gasteiger partial charge >= 0.3 is 11.9 Å². The van der Waals surface area contributed by atoms with Crippen molar-refractivity contribution in [2.45, 2.75) is 65.3 Å². The number of rotatable bonds is 10. The van der Waals surface area contributed by atoms with E-state index in [1.54, 1.807) is 11.7 Å². The minimum Gasteiger partial charge on any atom is -0.493 e. The third kappa shape index (κ3) is 7.10. The van der Waals surface area contributed by atoms with Crippen LogP contribution in [0, 0.1) is 0 Å². The first kappa shape index (κ1) is 26.0. The van der Waals surface area contributed by atoms with Gasteiger partial charge in [-0.05, 0) is 37.0 Å². The molecule has 3 rings (SSSR count). The van der Waals surface area contributed by atoms with Crippen LogP contribution < -0.4 is 14.9 Å². The van der Waals surface area contributed by atoms with Crippen LogP contribution >= 0.6 is 0 Å². The number of carboxylic acid groups (broad SMARTS) is 2. The van der Waals surface area contributed by atoms with Crippen molar-refractivity contribution in [3.8, 4) is 22.8 Å². The maximum atomic E-state index is 12.2. The number of carbonyl (C=O) groups is 2. The zero-order valence-corrected chi connectivity index (χ0v) is 19.6. The molecule has 180 valence electrons. The molecule has 2 heterocycles. The number of aromatic nitrogens is 1. The van der Waals surface area contributed by atoms with Crippen LogP contribution in [0.2, 0.25) is 0 Å². The standard InChI is InChI=1S/C22H25NO7.C3H8/c1-29-19-11-15-14(10-20(19)30-9-5-3-2-4-6-21(25)26)7-8-23-13-16(22(27)28)18(24)12-17(15)23;1-3-2/h10-13H,2-9H2,1H3,(H,25,26)(H,27,28);3H2,1-2H3. The summed E-state index contributed by atoms with van der Waals surface area (Å²) in [6, 6.07) is 5.10. The van der Waals surface area contributed by atoms with Gasteiger partial charge in [0.2, 0.25) is 0 Å². The average molecular weight is 460 g/mol. The van der Waals surface area contributed by atoms with Crippen molar-refractivity contribution in [2.75, 3.05) is 13.7 Å². The van der Waals surface area contributed by atoms with E-state index in [1.807, 2.05) is 12.1 Å². The molecule has 2 N–H and O–H groups in total. The SMILES string of the molecule is CCC.COc1cc2c(cc1OCCCCCCC(=O)O)CCn1cc(C(=O)O)c(=O)cc1-2. The Bertz CT molecular complexity index is 1030. The van der Waals surface area contributed by atoms with Crippen LogP contribution in [0.1, 0.15) is 68.3 Å². The number of pyridine rings is 1. The summed E-state index contributed by atoms with van der Waals surface area (Å²) in [6.45, 7) is 5.32. The Kier molecular flexibility index (Phi) is 9.97. The van der Waals surface area contributed by atoms with Gasteiger partial charge in [0.15, 0.2) is 16.9 Å². The number of benzene rings is 1. The predicted molar refractivity (Wildman–Crippen MR) is 126 cm³/mol.